The van der Waals surface area contributed by atoms with Gasteiger partial charge >= 0.3 is 0 Å². The molecule has 1 aliphatic heterocycles. The first-order valence-corrected chi connectivity index (χ1v) is 7.94. The van der Waals surface area contributed by atoms with Gasteiger partial charge in [0.2, 0.25) is 0 Å². The summed E-state index contributed by atoms with van der Waals surface area (Å²) >= 11 is 0. The quantitative estimate of drug-likeness (QED) is 0.923. The second-order valence-electron chi connectivity index (χ2n) is 6.11. The zero-order valence-electron chi connectivity index (χ0n) is 13.5. The summed E-state index contributed by atoms with van der Waals surface area (Å²) in [6.07, 6.45) is 0. The molecular formula is C19H21FN2O. The molecule has 3 rings (SSSR count). The van der Waals surface area contributed by atoms with E-state index in [1.807, 2.05) is 44.2 Å². The minimum Gasteiger partial charge on any atom is -0.333 e. The van der Waals surface area contributed by atoms with Crippen molar-refractivity contribution in [1.82, 2.24) is 10.2 Å². The van der Waals surface area contributed by atoms with Crippen LogP contribution in [-0.2, 0) is 0 Å². The average molecular weight is 312 g/mol. The lowest BCUT2D eigenvalue weighted by Crippen LogP contribution is -2.52. The summed E-state index contributed by atoms with van der Waals surface area (Å²) in [6, 6.07) is 12.9. The summed E-state index contributed by atoms with van der Waals surface area (Å²) in [5, 5.41) is 3.23. The summed E-state index contributed by atoms with van der Waals surface area (Å²) in [5.41, 5.74) is 3.04. The summed E-state index contributed by atoms with van der Waals surface area (Å²) < 4.78 is 14.5. The fourth-order valence-electron chi connectivity index (χ4n) is 2.91. The third-order valence-electron chi connectivity index (χ3n) is 4.35. The van der Waals surface area contributed by atoms with Crippen LogP contribution in [0.3, 0.4) is 0 Å². The van der Waals surface area contributed by atoms with Crippen molar-refractivity contribution < 1.29 is 9.18 Å². The topological polar surface area (TPSA) is 32.3 Å². The zero-order chi connectivity index (χ0) is 16.4. The van der Waals surface area contributed by atoms with E-state index in [0.29, 0.717) is 6.54 Å². The van der Waals surface area contributed by atoms with Crippen molar-refractivity contribution in [3.63, 3.8) is 0 Å². The van der Waals surface area contributed by atoms with E-state index >= 15 is 0 Å². The van der Waals surface area contributed by atoms with Crippen molar-refractivity contribution in [2.45, 2.75) is 19.9 Å². The molecule has 0 unspecified atom stereocenters. The van der Waals surface area contributed by atoms with Gasteiger partial charge in [0.25, 0.3) is 5.91 Å². The Hall–Kier alpha value is -2.20. The SMILES string of the molecule is Cc1ccc(-c2ccc(C(=O)N3CCNC[C@H]3C)c(F)c2)cc1. The van der Waals surface area contributed by atoms with Gasteiger partial charge in [-0.05, 0) is 37.1 Å². The molecule has 1 fully saturated rings. The van der Waals surface area contributed by atoms with Gasteiger partial charge in [-0.3, -0.25) is 4.79 Å². The number of nitrogens with zero attached hydrogens (tertiary/aromatic N) is 1. The van der Waals surface area contributed by atoms with Gasteiger partial charge in [0, 0.05) is 25.7 Å². The number of hydrogen-bond donors (Lipinski definition) is 1. The highest BCUT2D eigenvalue weighted by Crippen LogP contribution is 2.23. The maximum Gasteiger partial charge on any atom is 0.257 e. The highest BCUT2D eigenvalue weighted by molar-refractivity contribution is 5.95. The van der Waals surface area contributed by atoms with Crippen molar-refractivity contribution in [2.75, 3.05) is 19.6 Å². The van der Waals surface area contributed by atoms with Gasteiger partial charge in [0.15, 0.2) is 0 Å². The van der Waals surface area contributed by atoms with Crippen LogP contribution in [0.5, 0.6) is 0 Å². The average Bonchev–Trinajstić information content (AvgIpc) is 2.55. The molecule has 0 bridgehead atoms. The van der Waals surface area contributed by atoms with Gasteiger partial charge in [-0.25, -0.2) is 4.39 Å². The number of rotatable bonds is 2. The molecule has 4 heteroatoms. The predicted octanol–water partition coefficient (Wildman–Crippen LogP) is 3.24. The number of aryl methyl sites for hydroxylation is 1. The molecule has 2 aromatic rings. The molecule has 0 saturated carbocycles. The van der Waals surface area contributed by atoms with E-state index < -0.39 is 5.82 Å². The Balaban J connectivity index is 1.87. The van der Waals surface area contributed by atoms with Crippen LogP contribution in [0.1, 0.15) is 22.8 Å². The van der Waals surface area contributed by atoms with Gasteiger partial charge in [-0.1, -0.05) is 35.9 Å². The number of nitrogens with one attached hydrogen (secondary N) is 1. The Morgan fingerprint density at radius 1 is 1.17 bits per heavy atom. The normalized spacial score (nSPS) is 18.0. The molecule has 0 aliphatic carbocycles. The molecule has 3 nitrogen and oxygen atoms in total. The molecule has 0 spiro atoms. The Labute approximate surface area is 136 Å². The fourth-order valence-corrected chi connectivity index (χ4v) is 2.91. The van der Waals surface area contributed by atoms with Crippen molar-refractivity contribution in [2.24, 2.45) is 0 Å². The molecule has 0 aromatic heterocycles. The molecule has 1 aliphatic rings. The largest absolute Gasteiger partial charge is 0.333 e. The number of amides is 1. The summed E-state index contributed by atoms with van der Waals surface area (Å²) in [5.74, 6) is -0.689. The van der Waals surface area contributed by atoms with Crippen LogP contribution in [0.2, 0.25) is 0 Å². The molecule has 1 saturated heterocycles. The van der Waals surface area contributed by atoms with Gasteiger partial charge in [-0.2, -0.15) is 0 Å². The Bertz CT molecular complexity index is 712. The zero-order valence-corrected chi connectivity index (χ0v) is 13.5. The lowest BCUT2D eigenvalue weighted by atomic mass is 10.0. The number of carbonyl (C=O) groups is 1. The van der Waals surface area contributed by atoms with Crippen LogP contribution < -0.4 is 5.32 Å². The highest BCUT2D eigenvalue weighted by atomic mass is 19.1. The van der Waals surface area contributed by atoms with Crippen LogP contribution in [0.4, 0.5) is 4.39 Å². The summed E-state index contributed by atoms with van der Waals surface area (Å²) in [6.45, 7) is 6.09. The summed E-state index contributed by atoms with van der Waals surface area (Å²) in [7, 11) is 0. The monoisotopic (exact) mass is 312 g/mol. The van der Waals surface area contributed by atoms with Crippen molar-refractivity contribution in [1.29, 1.82) is 0 Å². The second kappa shape index (κ2) is 6.50. The maximum atomic E-state index is 14.5. The van der Waals surface area contributed by atoms with Crippen LogP contribution in [0.15, 0.2) is 42.5 Å². The molecule has 120 valence electrons. The minimum absolute atomic E-state index is 0.0763. The van der Waals surface area contributed by atoms with E-state index in [0.717, 1.165) is 29.8 Å². The van der Waals surface area contributed by atoms with Crippen LogP contribution in [0, 0.1) is 12.7 Å². The van der Waals surface area contributed by atoms with E-state index in [2.05, 4.69) is 5.32 Å². The third-order valence-corrected chi connectivity index (χ3v) is 4.35. The molecule has 1 atom stereocenters. The standard InChI is InChI=1S/C19H21FN2O/c1-13-3-5-15(6-4-13)16-7-8-17(18(20)11-16)19(23)22-10-9-21-12-14(22)2/h3-8,11,14,21H,9-10,12H2,1-2H3/t14-/m1/s1. The second-order valence-corrected chi connectivity index (χ2v) is 6.11. The lowest BCUT2D eigenvalue weighted by molar-refractivity contribution is 0.0651. The van der Waals surface area contributed by atoms with Crippen molar-refractivity contribution in [3.8, 4) is 11.1 Å². The Morgan fingerprint density at radius 3 is 2.52 bits per heavy atom. The molecule has 2 aromatic carbocycles. The third kappa shape index (κ3) is 3.27. The van der Waals surface area contributed by atoms with E-state index in [1.165, 1.54) is 6.07 Å². The number of hydrogen-bond acceptors (Lipinski definition) is 2. The predicted molar refractivity (Wildman–Crippen MR) is 89.9 cm³/mol. The van der Waals surface area contributed by atoms with E-state index in [9.17, 15) is 9.18 Å². The highest BCUT2D eigenvalue weighted by Gasteiger charge is 2.26. The maximum absolute atomic E-state index is 14.5. The van der Waals surface area contributed by atoms with Gasteiger partial charge < -0.3 is 10.2 Å². The van der Waals surface area contributed by atoms with Crippen LogP contribution in [0.25, 0.3) is 11.1 Å². The first-order chi connectivity index (χ1) is 11.1. The first kappa shape index (κ1) is 15.7. The van der Waals surface area contributed by atoms with Crippen LogP contribution >= 0.6 is 0 Å². The number of benzene rings is 2. The first-order valence-electron chi connectivity index (χ1n) is 7.94. The molecule has 23 heavy (non-hydrogen) atoms. The minimum atomic E-state index is -0.459. The molecule has 1 N–H and O–H groups in total. The van der Waals surface area contributed by atoms with E-state index in [1.54, 1.807) is 11.0 Å². The van der Waals surface area contributed by atoms with Crippen LogP contribution in [-0.4, -0.2) is 36.5 Å². The van der Waals surface area contributed by atoms with E-state index in [-0.39, 0.29) is 17.5 Å². The van der Waals surface area contributed by atoms with Gasteiger partial charge in [0.05, 0.1) is 5.56 Å². The summed E-state index contributed by atoms with van der Waals surface area (Å²) in [4.78, 5) is 14.3. The number of piperazine rings is 1. The molecule has 0 radical (unpaired) electrons. The number of carbonyl (C=O) groups excluding carboxylic acids is 1. The smallest absolute Gasteiger partial charge is 0.257 e. The molecule has 1 heterocycles. The number of halogens is 1. The molecule has 1 amide bonds. The van der Waals surface area contributed by atoms with Gasteiger partial charge in [0.1, 0.15) is 5.82 Å². The lowest BCUT2D eigenvalue weighted by Gasteiger charge is -2.34. The van der Waals surface area contributed by atoms with E-state index in [4.69, 9.17) is 0 Å². The fraction of sp³-hybridized carbons (Fsp3) is 0.316. The molecular weight excluding hydrogens is 291 g/mol. The van der Waals surface area contributed by atoms with Crippen molar-refractivity contribution >= 4 is 5.91 Å². The van der Waals surface area contributed by atoms with Crippen molar-refractivity contribution in [3.05, 3.63) is 59.4 Å². The van der Waals surface area contributed by atoms with Gasteiger partial charge in [-0.15, -0.1) is 0 Å². The Kier molecular flexibility index (Phi) is 4.44. The Morgan fingerprint density at radius 2 is 1.87 bits per heavy atom.